The average molecular weight is 369 g/mol. The summed E-state index contributed by atoms with van der Waals surface area (Å²) in [7, 11) is 0. The van der Waals surface area contributed by atoms with Crippen molar-refractivity contribution in [1.82, 2.24) is 5.32 Å². The second kappa shape index (κ2) is 9.32. The molecule has 0 saturated heterocycles. The van der Waals surface area contributed by atoms with Gasteiger partial charge >= 0.3 is 0 Å². The number of hydrogen-bond acceptors (Lipinski definition) is 6. The highest BCUT2D eigenvalue weighted by molar-refractivity contribution is 5.80. The molecule has 6 nitrogen and oxygen atoms in total. The Morgan fingerprint density at radius 3 is 2.70 bits per heavy atom. The molecular formula is C21H23NO5. The highest BCUT2D eigenvalue weighted by Crippen LogP contribution is 2.24. The van der Waals surface area contributed by atoms with Gasteiger partial charge in [0, 0.05) is 30.8 Å². The molecular weight excluding hydrogens is 346 g/mol. The Morgan fingerprint density at radius 1 is 1.11 bits per heavy atom. The number of aliphatic hydroxyl groups excluding tert-OH is 2. The van der Waals surface area contributed by atoms with Crippen molar-refractivity contribution < 1.29 is 19.4 Å². The first kappa shape index (κ1) is 19.1. The zero-order valence-electron chi connectivity index (χ0n) is 14.9. The maximum atomic E-state index is 12.4. The first-order valence-corrected chi connectivity index (χ1v) is 8.93. The van der Waals surface area contributed by atoms with Crippen LogP contribution in [0.4, 0.5) is 0 Å². The van der Waals surface area contributed by atoms with Crippen molar-refractivity contribution in [3.8, 4) is 17.1 Å². The van der Waals surface area contributed by atoms with Gasteiger partial charge in [-0.2, -0.15) is 0 Å². The van der Waals surface area contributed by atoms with E-state index < -0.39 is 6.10 Å². The van der Waals surface area contributed by atoms with Crippen LogP contribution in [0, 0.1) is 0 Å². The Hall–Kier alpha value is -2.67. The first-order chi connectivity index (χ1) is 13.2. The Bertz CT molecular complexity index is 923. The van der Waals surface area contributed by atoms with Crippen molar-refractivity contribution in [1.29, 1.82) is 0 Å². The second-order valence-electron chi connectivity index (χ2n) is 6.25. The van der Waals surface area contributed by atoms with Gasteiger partial charge in [0.1, 0.15) is 29.8 Å². The lowest BCUT2D eigenvalue weighted by atomic mass is 10.1. The summed E-state index contributed by atoms with van der Waals surface area (Å²) in [4.78, 5) is 12.4. The zero-order valence-corrected chi connectivity index (χ0v) is 14.9. The third-order valence-electron chi connectivity index (χ3n) is 4.09. The highest BCUT2D eigenvalue weighted by atomic mass is 16.5. The van der Waals surface area contributed by atoms with E-state index >= 15 is 0 Å². The minimum Gasteiger partial charge on any atom is -0.491 e. The lowest BCUT2D eigenvalue weighted by Gasteiger charge is -2.13. The van der Waals surface area contributed by atoms with E-state index in [4.69, 9.17) is 14.3 Å². The van der Waals surface area contributed by atoms with Gasteiger partial charge in [0.2, 0.25) is 0 Å². The molecule has 6 heteroatoms. The van der Waals surface area contributed by atoms with E-state index in [0.717, 1.165) is 5.56 Å². The lowest BCUT2D eigenvalue weighted by Crippen LogP contribution is -2.32. The minimum absolute atomic E-state index is 0.111. The summed E-state index contributed by atoms with van der Waals surface area (Å²) in [6.45, 7) is 1.24. The van der Waals surface area contributed by atoms with E-state index in [-0.39, 0.29) is 18.6 Å². The monoisotopic (exact) mass is 369 g/mol. The van der Waals surface area contributed by atoms with Crippen molar-refractivity contribution in [3.63, 3.8) is 0 Å². The summed E-state index contributed by atoms with van der Waals surface area (Å²) >= 11 is 0. The number of hydrogen-bond donors (Lipinski definition) is 3. The fourth-order valence-corrected chi connectivity index (χ4v) is 2.69. The third-order valence-corrected chi connectivity index (χ3v) is 4.09. The molecule has 0 fully saturated rings. The Labute approximate surface area is 157 Å². The molecule has 0 aliphatic heterocycles. The van der Waals surface area contributed by atoms with Gasteiger partial charge in [-0.25, -0.2) is 0 Å². The summed E-state index contributed by atoms with van der Waals surface area (Å²) < 4.78 is 11.5. The number of ether oxygens (including phenoxy) is 1. The molecule has 142 valence electrons. The van der Waals surface area contributed by atoms with Crippen LogP contribution in [0.1, 0.15) is 6.42 Å². The van der Waals surface area contributed by atoms with Crippen molar-refractivity contribution in [2.24, 2.45) is 0 Å². The van der Waals surface area contributed by atoms with Gasteiger partial charge in [0.05, 0.1) is 5.39 Å². The van der Waals surface area contributed by atoms with Gasteiger partial charge in [-0.15, -0.1) is 0 Å². The highest BCUT2D eigenvalue weighted by Gasteiger charge is 2.09. The molecule has 0 spiro atoms. The predicted octanol–water partition coefficient (Wildman–Crippen LogP) is 2.17. The number of nitrogens with one attached hydrogen (secondary N) is 1. The quantitative estimate of drug-likeness (QED) is 0.501. The standard InChI is InChI=1S/C21H23NO5/c23-10-4-9-22-13-16(24)14-26-17-7-8-18-19(25)12-20(27-21(18)11-17)15-5-2-1-3-6-15/h1-3,5-8,11-12,16,22-24H,4,9-10,13-14H2. The van der Waals surface area contributed by atoms with E-state index in [9.17, 15) is 9.90 Å². The summed E-state index contributed by atoms with van der Waals surface area (Å²) in [5.41, 5.74) is 1.15. The third kappa shape index (κ3) is 5.17. The van der Waals surface area contributed by atoms with E-state index in [0.29, 0.717) is 42.0 Å². The molecule has 1 unspecified atom stereocenters. The van der Waals surface area contributed by atoms with Gasteiger partial charge in [0.25, 0.3) is 0 Å². The molecule has 2 aromatic carbocycles. The number of fused-ring (bicyclic) bond motifs is 1. The Morgan fingerprint density at radius 2 is 1.93 bits per heavy atom. The van der Waals surface area contributed by atoms with Crippen LogP contribution in [0.15, 0.2) is 63.8 Å². The van der Waals surface area contributed by atoms with Gasteiger partial charge < -0.3 is 24.7 Å². The summed E-state index contributed by atoms with van der Waals surface area (Å²) in [5.74, 6) is 1.02. The van der Waals surface area contributed by atoms with Crippen LogP contribution >= 0.6 is 0 Å². The number of aliphatic hydroxyl groups is 2. The smallest absolute Gasteiger partial charge is 0.193 e. The van der Waals surface area contributed by atoms with Crippen LogP contribution < -0.4 is 15.5 Å². The first-order valence-electron chi connectivity index (χ1n) is 8.93. The number of benzene rings is 2. The van der Waals surface area contributed by atoms with Gasteiger partial charge in [0.15, 0.2) is 5.43 Å². The zero-order chi connectivity index (χ0) is 19.1. The van der Waals surface area contributed by atoms with Gasteiger partial charge in [-0.05, 0) is 25.1 Å². The summed E-state index contributed by atoms with van der Waals surface area (Å²) in [6, 6.07) is 15.9. The molecule has 1 heterocycles. The van der Waals surface area contributed by atoms with E-state index in [2.05, 4.69) is 5.32 Å². The fourth-order valence-electron chi connectivity index (χ4n) is 2.69. The van der Waals surface area contributed by atoms with Crippen molar-refractivity contribution in [3.05, 3.63) is 64.8 Å². The average Bonchev–Trinajstić information content (AvgIpc) is 2.70. The van der Waals surface area contributed by atoms with Crippen LogP contribution in [0.25, 0.3) is 22.3 Å². The molecule has 0 radical (unpaired) electrons. The SMILES string of the molecule is O=c1cc(-c2ccccc2)oc2cc(OCC(O)CNCCCO)ccc12. The molecule has 1 atom stereocenters. The van der Waals surface area contributed by atoms with Crippen LogP contribution in [-0.4, -0.2) is 42.6 Å². The topological polar surface area (TPSA) is 91.9 Å². The Kier molecular flexibility index (Phi) is 6.59. The predicted molar refractivity (Wildman–Crippen MR) is 104 cm³/mol. The molecule has 3 rings (SSSR count). The van der Waals surface area contributed by atoms with Crippen LogP contribution in [-0.2, 0) is 0 Å². The van der Waals surface area contributed by atoms with Crippen molar-refractivity contribution in [2.75, 3.05) is 26.3 Å². The maximum Gasteiger partial charge on any atom is 0.193 e. The largest absolute Gasteiger partial charge is 0.491 e. The summed E-state index contributed by atoms with van der Waals surface area (Å²) in [6.07, 6.45) is -0.0387. The fraction of sp³-hybridized carbons (Fsp3) is 0.286. The maximum absolute atomic E-state index is 12.4. The minimum atomic E-state index is -0.679. The molecule has 1 aromatic heterocycles. The van der Waals surface area contributed by atoms with Gasteiger partial charge in [-0.1, -0.05) is 30.3 Å². The molecule has 0 bridgehead atoms. The molecule has 0 amide bonds. The van der Waals surface area contributed by atoms with Crippen molar-refractivity contribution in [2.45, 2.75) is 12.5 Å². The Balaban J connectivity index is 1.71. The molecule has 3 aromatic rings. The lowest BCUT2D eigenvalue weighted by molar-refractivity contribution is 0.106. The molecule has 0 aliphatic rings. The molecule has 27 heavy (non-hydrogen) atoms. The second-order valence-corrected chi connectivity index (χ2v) is 6.25. The molecule has 0 aliphatic carbocycles. The van der Waals surface area contributed by atoms with Crippen molar-refractivity contribution >= 4 is 11.0 Å². The summed E-state index contributed by atoms with van der Waals surface area (Å²) in [5, 5.41) is 22.2. The van der Waals surface area contributed by atoms with Crippen LogP contribution in [0.2, 0.25) is 0 Å². The van der Waals surface area contributed by atoms with Crippen LogP contribution in [0.3, 0.4) is 0 Å². The van der Waals surface area contributed by atoms with E-state index in [1.807, 2.05) is 30.3 Å². The molecule has 0 saturated carbocycles. The van der Waals surface area contributed by atoms with E-state index in [1.54, 1.807) is 18.2 Å². The number of rotatable bonds is 9. The molecule has 3 N–H and O–H groups in total. The van der Waals surface area contributed by atoms with Gasteiger partial charge in [-0.3, -0.25) is 4.79 Å². The van der Waals surface area contributed by atoms with Crippen LogP contribution in [0.5, 0.6) is 5.75 Å². The van der Waals surface area contributed by atoms with E-state index in [1.165, 1.54) is 6.07 Å². The normalized spacial score (nSPS) is 12.2.